The van der Waals surface area contributed by atoms with Gasteiger partial charge in [0.25, 0.3) is 0 Å². The van der Waals surface area contributed by atoms with Crippen molar-refractivity contribution in [1.82, 2.24) is 0 Å². The Morgan fingerprint density at radius 2 is 1.94 bits per heavy atom. The van der Waals surface area contributed by atoms with Crippen LogP contribution in [0.4, 0.5) is 0 Å². The molecule has 16 heavy (non-hydrogen) atoms. The molecule has 0 heterocycles. The van der Waals surface area contributed by atoms with Crippen molar-refractivity contribution in [2.75, 3.05) is 12.0 Å². The molecule has 0 fully saturated rings. The molecular formula is C10H10Cl2O3S. The van der Waals surface area contributed by atoms with Crippen molar-refractivity contribution >= 4 is 38.8 Å². The fourth-order valence-electron chi connectivity index (χ4n) is 1.12. The largest absolute Gasteiger partial charge is 0.294 e. The SMILES string of the molecule is CS(=O)(=O)CCC(=O)c1cc(Cl)ccc1Cl. The summed E-state index contributed by atoms with van der Waals surface area (Å²) in [4.78, 5) is 11.7. The zero-order valence-electron chi connectivity index (χ0n) is 8.54. The van der Waals surface area contributed by atoms with E-state index in [1.807, 2.05) is 0 Å². The normalized spacial score (nSPS) is 11.4. The Hall–Kier alpha value is -0.580. The first kappa shape index (κ1) is 13.5. The summed E-state index contributed by atoms with van der Waals surface area (Å²) in [6.07, 6.45) is 0.999. The van der Waals surface area contributed by atoms with E-state index in [2.05, 4.69) is 0 Å². The highest BCUT2D eigenvalue weighted by Crippen LogP contribution is 2.21. The second kappa shape index (κ2) is 5.17. The second-order valence-corrected chi connectivity index (χ2v) is 6.53. The Balaban J connectivity index is 2.85. The van der Waals surface area contributed by atoms with Crippen LogP contribution in [0.1, 0.15) is 16.8 Å². The van der Waals surface area contributed by atoms with E-state index in [0.29, 0.717) is 5.02 Å². The van der Waals surface area contributed by atoms with Crippen LogP contribution in [0.3, 0.4) is 0 Å². The maximum atomic E-state index is 11.7. The number of hydrogen-bond donors (Lipinski definition) is 0. The van der Waals surface area contributed by atoms with Crippen LogP contribution in [0.25, 0.3) is 0 Å². The molecule has 0 unspecified atom stereocenters. The molecule has 0 N–H and O–H groups in total. The van der Waals surface area contributed by atoms with Gasteiger partial charge in [-0.05, 0) is 18.2 Å². The first-order valence-electron chi connectivity index (χ1n) is 4.45. The lowest BCUT2D eigenvalue weighted by Crippen LogP contribution is -2.09. The molecule has 6 heteroatoms. The molecule has 0 aliphatic heterocycles. The number of ketones is 1. The third-order valence-electron chi connectivity index (χ3n) is 1.93. The molecule has 0 atom stereocenters. The van der Waals surface area contributed by atoms with Gasteiger partial charge in [-0.2, -0.15) is 0 Å². The van der Waals surface area contributed by atoms with Crippen molar-refractivity contribution in [3.63, 3.8) is 0 Å². The summed E-state index contributed by atoms with van der Waals surface area (Å²) in [5.74, 6) is -0.507. The lowest BCUT2D eigenvalue weighted by Gasteiger charge is -2.03. The molecule has 1 rings (SSSR count). The molecule has 0 radical (unpaired) electrons. The van der Waals surface area contributed by atoms with Crippen molar-refractivity contribution in [2.45, 2.75) is 6.42 Å². The average molecular weight is 281 g/mol. The van der Waals surface area contributed by atoms with Crippen LogP contribution in [0.5, 0.6) is 0 Å². The summed E-state index contributed by atoms with van der Waals surface area (Å²) in [6.45, 7) is 0. The van der Waals surface area contributed by atoms with Gasteiger partial charge in [0.15, 0.2) is 5.78 Å². The molecule has 0 spiro atoms. The number of carbonyl (C=O) groups excluding carboxylic acids is 1. The van der Waals surface area contributed by atoms with Crippen LogP contribution in [-0.2, 0) is 9.84 Å². The number of benzene rings is 1. The van der Waals surface area contributed by atoms with Crippen molar-refractivity contribution in [2.24, 2.45) is 0 Å². The van der Waals surface area contributed by atoms with Gasteiger partial charge in [-0.1, -0.05) is 23.2 Å². The summed E-state index contributed by atoms with van der Waals surface area (Å²) >= 11 is 11.5. The van der Waals surface area contributed by atoms with Crippen molar-refractivity contribution in [3.8, 4) is 0 Å². The Bertz CT molecular complexity index is 509. The highest BCUT2D eigenvalue weighted by molar-refractivity contribution is 7.90. The third kappa shape index (κ3) is 4.12. The smallest absolute Gasteiger partial charge is 0.165 e. The fourth-order valence-corrected chi connectivity index (χ4v) is 2.08. The lowest BCUT2D eigenvalue weighted by atomic mass is 10.1. The molecule has 0 amide bonds. The van der Waals surface area contributed by atoms with E-state index in [4.69, 9.17) is 23.2 Å². The van der Waals surface area contributed by atoms with E-state index >= 15 is 0 Å². The van der Waals surface area contributed by atoms with E-state index < -0.39 is 9.84 Å². The minimum absolute atomic E-state index is 0.0844. The topological polar surface area (TPSA) is 51.2 Å². The second-order valence-electron chi connectivity index (χ2n) is 3.43. The van der Waals surface area contributed by atoms with Crippen molar-refractivity contribution in [3.05, 3.63) is 33.8 Å². The van der Waals surface area contributed by atoms with Crippen molar-refractivity contribution in [1.29, 1.82) is 0 Å². The lowest BCUT2D eigenvalue weighted by molar-refractivity contribution is 0.0989. The van der Waals surface area contributed by atoms with Gasteiger partial charge in [0, 0.05) is 23.3 Å². The summed E-state index contributed by atoms with van der Waals surface area (Å²) in [6, 6.07) is 4.52. The molecule has 0 saturated heterocycles. The van der Waals surface area contributed by atoms with Gasteiger partial charge in [0.05, 0.1) is 10.8 Å². The van der Waals surface area contributed by atoms with Gasteiger partial charge >= 0.3 is 0 Å². The quantitative estimate of drug-likeness (QED) is 0.797. The monoisotopic (exact) mass is 280 g/mol. The van der Waals surface area contributed by atoms with Crippen LogP contribution in [0.15, 0.2) is 18.2 Å². The standard InChI is InChI=1S/C10H10Cl2O3S/c1-16(14,15)5-4-10(13)8-6-7(11)2-3-9(8)12/h2-3,6H,4-5H2,1H3. The third-order valence-corrected chi connectivity index (χ3v) is 3.44. The summed E-state index contributed by atoms with van der Waals surface area (Å²) in [5, 5.41) is 0.676. The van der Waals surface area contributed by atoms with Crippen LogP contribution in [-0.4, -0.2) is 26.2 Å². The molecule has 1 aromatic rings. The Kier molecular flexibility index (Phi) is 4.35. The van der Waals surface area contributed by atoms with Gasteiger partial charge in [-0.15, -0.1) is 0 Å². The number of Topliss-reactive ketones (excluding diaryl/α,β-unsaturated/α-hetero) is 1. The minimum atomic E-state index is -3.15. The number of sulfone groups is 1. The first-order valence-corrected chi connectivity index (χ1v) is 7.27. The van der Waals surface area contributed by atoms with E-state index in [0.717, 1.165) is 6.26 Å². The maximum absolute atomic E-state index is 11.7. The zero-order chi connectivity index (χ0) is 12.3. The van der Waals surface area contributed by atoms with Gasteiger partial charge in [-0.25, -0.2) is 8.42 Å². The molecule has 0 saturated carbocycles. The van der Waals surface area contributed by atoms with Gasteiger partial charge in [0.1, 0.15) is 9.84 Å². The number of carbonyl (C=O) groups is 1. The molecule has 0 aliphatic rings. The minimum Gasteiger partial charge on any atom is -0.294 e. The van der Waals surface area contributed by atoms with Crippen LogP contribution >= 0.6 is 23.2 Å². The molecule has 0 aliphatic carbocycles. The zero-order valence-corrected chi connectivity index (χ0v) is 10.9. The van der Waals surface area contributed by atoms with Crippen LogP contribution in [0, 0.1) is 0 Å². The molecule has 88 valence electrons. The summed E-state index contributed by atoms with van der Waals surface area (Å²) in [5.41, 5.74) is 0.262. The number of halogens is 2. The average Bonchev–Trinajstić information content (AvgIpc) is 2.17. The van der Waals surface area contributed by atoms with Gasteiger partial charge in [0.2, 0.25) is 0 Å². The van der Waals surface area contributed by atoms with Crippen LogP contribution < -0.4 is 0 Å². The highest BCUT2D eigenvalue weighted by Gasteiger charge is 2.13. The Labute approximate surface area is 104 Å². The van der Waals surface area contributed by atoms with E-state index in [1.54, 1.807) is 6.07 Å². The van der Waals surface area contributed by atoms with E-state index in [-0.39, 0.29) is 28.5 Å². The maximum Gasteiger partial charge on any atom is 0.165 e. The Morgan fingerprint density at radius 1 is 1.31 bits per heavy atom. The summed E-state index contributed by atoms with van der Waals surface area (Å²) in [7, 11) is -3.15. The molecule has 0 aromatic heterocycles. The van der Waals surface area contributed by atoms with Crippen LogP contribution in [0.2, 0.25) is 10.0 Å². The molecule has 3 nitrogen and oxygen atoms in total. The van der Waals surface area contributed by atoms with Gasteiger partial charge in [-0.3, -0.25) is 4.79 Å². The van der Waals surface area contributed by atoms with Crippen molar-refractivity contribution < 1.29 is 13.2 Å². The van der Waals surface area contributed by atoms with E-state index in [1.165, 1.54) is 12.1 Å². The molecule has 0 bridgehead atoms. The fraction of sp³-hybridized carbons (Fsp3) is 0.300. The number of rotatable bonds is 4. The van der Waals surface area contributed by atoms with E-state index in [9.17, 15) is 13.2 Å². The first-order chi connectivity index (χ1) is 7.29. The Morgan fingerprint density at radius 3 is 2.50 bits per heavy atom. The molecule has 1 aromatic carbocycles. The highest BCUT2D eigenvalue weighted by atomic mass is 35.5. The van der Waals surface area contributed by atoms with Gasteiger partial charge < -0.3 is 0 Å². The predicted molar refractivity (Wildman–Crippen MR) is 65.1 cm³/mol. The number of hydrogen-bond acceptors (Lipinski definition) is 3. The summed E-state index contributed by atoms with van der Waals surface area (Å²) < 4.78 is 21.8. The molecular weight excluding hydrogens is 271 g/mol. The predicted octanol–water partition coefficient (Wildman–Crippen LogP) is 2.61.